The van der Waals surface area contributed by atoms with Crippen molar-refractivity contribution in [3.63, 3.8) is 0 Å². The van der Waals surface area contributed by atoms with E-state index >= 15 is 0 Å². The van der Waals surface area contributed by atoms with Crippen LogP contribution in [0.4, 0.5) is 10.1 Å². The number of carbonyl (C=O) groups excluding carboxylic acids is 1. The van der Waals surface area contributed by atoms with Crippen molar-refractivity contribution in [2.24, 2.45) is 22.5 Å². The molecule has 0 spiro atoms. The summed E-state index contributed by atoms with van der Waals surface area (Å²) >= 11 is 4.85. The summed E-state index contributed by atoms with van der Waals surface area (Å²) in [6.07, 6.45) is 0. The van der Waals surface area contributed by atoms with Crippen molar-refractivity contribution in [3.8, 4) is 0 Å². The molecular formula is C15H19FN2OS. The first-order valence-corrected chi connectivity index (χ1v) is 6.90. The minimum Gasteiger partial charge on any atom is -0.389 e. The molecule has 1 aliphatic carbocycles. The van der Waals surface area contributed by atoms with Crippen LogP contribution in [0.15, 0.2) is 18.2 Å². The average Bonchev–Trinajstić information content (AvgIpc) is 2.68. The van der Waals surface area contributed by atoms with Gasteiger partial charge in [-0.05, 0) is 23.0 Å². The third-order valence-electron chi connectivity index (χ3n) is 4.80. The molecule has 1 saturated carbocycles. The quantitative estimate of drug-likeness (QED) is 0.842. The zero-order chi connectivity index (χ0) is 15.3. The van der Waals surface area contributed by atoms with E-state index in [1.807, 2.05) is 0 Å². The Hall–Kier alpha value is -1.49. The molecule has 0 heterocycles. The molecule has 0 unspecified atom stereocenters. The van der Waals surface area contributed by atoms with E-state index < -0.39 is 5.82 Å². The zero-order valence-electron chi connectivity index (χ0n) is 12.1. The summed E-state index contributed by atoms with van der Waals surface area (Å²) in [6, 6.07) is 4.41. The number of halogens is 1. The molecule has 0 atom stereocenters. The Morgan fingerprint density at radius 2 is 1.85 bits per heavy atom. The zero-order valence-corrected chi connectivity index (χ0v) is 12.9. The standard InChI is InChI=1S/C15H19FN2OS/c1-14(2)11(15(14,3)4)13(19)18-9-7-5-6-8(16)10(9)12(17)20/h5-7,11H,1-4H3,(H2,17,20)(H,18,19). The molecule has 2 rings (SSSR count). The van der Waals surface area contributed by atoms with Crippen LogP contribution < -0.4 is 11.1 Å². The van der Waals surface area contributed by atoms with Gasteiger partial charge < -0.3 is 11.1 Å². The van der Waals surface area contributed by atoms with Gasteiger partial charge in [-0.2, -0.15) is 0 Å². The monoisotopic (exact) mass is 294 g/mol. The van der Waals surface area contributed by atoms with E-state index in [1.54, 1.807) is 6.07 Å². The van der Waals surface area contributed by atoms with Crippen LogP contribution in [0.25, 0.3) is 0 Å². The molecule has 3 N–H and O–H groups in total. The van der Waals surface area contributed by atoms with E-state index in [0.29, 0.717) is 5.69 Å². The lowest BCUT2D eigenvalue weighted by Crippen LogP contribution is -2.21. The molecule has 1 aromatic rings. The van der Waals surface area contributed by atoms with Gasteiger partial charge in [0.25, 0.3) is 0 Å². The predicted molar refractivity (Wildman–Crippen MR) is 82.0 cm³/mol. The second-order valence-electron chi connectivity index (χ2n) is 6.39. The van der Waals surface area contributed by atoms with E-state index in [2.05, 4.69) is 33.0 Å². The van der Waals surface area contributed by atoms with Gasteiger partial charge in [0.05, 0.1) is 11.3 Å². The first kappa shape index (κ1) is 14.9. The number of nitrogens with two attached hydrogens (primary N) is 1. The maximum absolute atomic E-state index is 13.8. The highest BCUT2D eigenvalue weighted by Gasteiger charge is 2.68. The highest BCUT2D eigenvalue weighted by atomic mass is 32.1. The number of thiocarbonyl (C=S) groups is 1. The SMILES string of the molecule is CC1(C)C(C(=O)Nc2cccc(F)c2C(N)=S)C1(C)C. The fraction of sp³-hybridized carbons (Fsp3) is 0.467. The molecule has 0 aromatic heterocycles. The number of hydrogen-bond donors (Lipinski definition) is 2. The minimum absolute atomic E-state index is 0.0623. The van der Waals surface area contributed by atoms with Crippen LogP contribution in [-0.2, 0) is 4.79 Å². The molecular weight excluding hydrogens is 275 g/mol. The summed E-state index contributed by atoms with van der Waals surface area (Å²) in [5.74, 6) is -0.759. The fourth-order valence-electron chi connectivity index (χ4n) is 2.94. The first-order chi connectivity index (χ1) is 9.10. The van der Waals surface area contributed by atoms with Crippen molar-refractivity contribution in [1.29, 1.82) is 0 Å². The summed E-state index contributed by atoms with van der Waals surface area (Å²) < 4.78 is 13.8. The van der Waals surface area contributed by atoms with Crippen molar-refractivity contribution in [1.82, 2.24) is 0 Å². The summed E-state index contributed by atoms with van der Waals surface area (Å²) in [5.41, 5.74) is 5.80. The van der Waals surface area contributed by atoms with Gasteiger partial charge in [0, 0.05) is 5.92 Å². The second kappa shape index (κ2) is 4.52. The summed E-state index contributed by atoms with van der Waals surface area (Å²) in [6.45, 7) is 8.21. The molecule has 20 heavy (non-hydrogen) atoms. The predicted octanol–water partition coefficient (Wildman–Crippen LogP) is 3.08. The Morgan fingerprint density at radius 1 is 1.30 bits per heavy atom. The Labute approximate surface area is 123 Å². The molecule has 5 heteroatoms. The van der Waals surface area contributed by atoms with E-state index in [0.717, 1.165) is 0 Å². The lowest BCUT2D eigenvalue weighted by molar-refractivity contribution is -0.118. The molecule has 0 saturated heterocycles. The van der Waals surface area contributed by atoms with E-state index in [9.17, 15) is 9.18 Å². The van der Waals surface area contributed by atoms with Crippen LogP contribution >= 0.6 is 12.2 Å². The summed E-state index contributed by atoms with van der Waals surface area (Å²) in [7, 11) is 0. The maximum Gasteiger partial charge on any atom is 0.228 e. The van der Waals surface area contributed by atoms with E-state index in [1.165, 1.54) is 12.1 Å². The van der Waals surface area contributed by atoms with Crippen molar-refractivity contribution < 1.29 is 9.18 Å². The lowest BCUT2D eigenvalue weighted by atomic mass is 10.0. The largest absolute Gasteiger partial charge is 0.389 e. The van der Waals surface area contributed by atoms with Gasteiger partial charge in [-0.25, -0.2) is 4.39 Å². The van der Waals surface area contributed by atoms with Gasteiger partial charge in [-0.3, -0.25) is 4.79 Å². The minimum atomic E-state index is -0.524. The molecule has 0 bridgehead atoms. The van der Waals surface area contributed by atoms with Crippen LogP contribution in [0.5, 0.6) is 0 Å². The van der Waals surface area contributed by atoms with Gasteiger partial charge in [0.15, 0.2) is 0 Å². The van der Waals surface area contributed by atoms with Crippen molar-refractivity contribution in [2.75, 3.05) is 5.32 Å². The summed E-state index contributed by atoms with van der Waals surface area (Å²) in [4.78, 5) is 12.3. The van der Waals surface area contributed by atoms with Crippen molar-refractivity contribution >= 4 is 28.8 Å². The third kappa shape index (κ3) is 2.10. The van der Waals surface area contributed by atoms with Gasteiger partial charge in [0.2, 0.25) is 5.91 Å². The number of carbonyl (C=O) groups is 1. The number of benzene rings is 1. The van der Waals surface area contributed by atoms with Crippen LogP contribution in [-0.4, -0.2) is 10.9 Å². The normalized spacial score (nSPS) is 19.4. The summed E-state index contributed by atoms with van der Waals surface area (Å²) in [5, 5.41) is 2.76. The Bertz CT molecular complexity index is 582. The smallest absolute Gasteiger partial charge is 0.228 e. The van der Waals surface area contributed by atoms with Crippen molar-refractivity contribution in [2.45, 2.75) is 27.7 Å². The number of rotatable bonds is 3. The number of amides is 1. The lowest BCUT2D eigenvalue weighted by Gasteiger charge is -2.11. The van der Waals surface area contributed by atoms with Gasteiger partial charge in [-0.1, -0.05) is 46.0 Å². The van der Waals surface area contributed by atoms with Crippen LogP contribution in [0.1, 0.15) is 33.3 Å². The molecule has 1 aromatic carbocycles. The Kier molecular flexibility index (Phi) is 3.37. The topological polar surface area (TPSA) is 55.1 Å². The Balaban J connectivity index is 2.27. The number of nitrogens with one attached hydrogen (secondary N) is 1. The molecule has 1 fully saturated rings. The van der Waals surface area contributed by atoms with Crippen LogP contribution in [0, 0.1) is 22.6 Å². The average molecular weight is 294 g/mol. The highest BCUT2D eigenvalue weighted by molar-refractivity contribution is 7.80. The number of hydrogen-bond acceptors (Lipinski definition) is 2. The van der Waals surface area contributed by atoms with E-state index in [-0.39, 0.29) is 33.2 Å². The van der Waals surface area contributed by atoms with Gasteiger partial charge in [0.1, 0.15) is 10.8 Å². The molecule has 108 valence electrons. The molecule has 0 aliphatic heterocycles. The third-order valence-corrected chi connectivity index (χ3v) is 5.00. The van der Waals surface area contributed by atoms with Gasteiger partial charge in [-0.15, -0.1) is 0 Å². The van der Waals surface area contributed by atoms with Gasteiger partial charge >= 0.3 is 0 Å². The number of anilines is 1. The van der Waals surface area contributed by atoms with Crippen molar-refractivity contribution in [3.05, 3.63) is 29.6 Å². The Morgan fingerprint density at radius 3 is 2.30 bits per heavy atom. The second-order valence-corrected chi connectivity index (χ2v) is 6.83. The fourth-order valence-corrected chi connectivity index (χ4v) is 3.14. The molecule has 1 aliphatic rings. The molecule has 3 nitrogen and oxygen atoms in total. The van der Waals surface area contributed by atoms with Crippen LogP contribution in [0.3, 0.4) is 0 Å². The first-order valence-electron chi connectivity index (χ1n) is 6.50. The maximum atomic E-state index is 13.8. The molecule has 1 amide bonds. The highest BCUT2D eigenvalue weighted by Crippen LogP contribution is 2.68. The van der Waals surface area contributed by atoms with Crippen LogP contribution in [0.2, 0.25) is 0 Å². The van der Waals surface area contributed by atoms with E-state index in [4.69, 9.17) is 18.0 Å². The molecule has 0 radical (unpaired) electrons.